The van der Waals surface area contributed by atoms with E-state index >= 15 is 0 Å². The maximum Gasteiger partial charge on any atom is 0.322 e. The molecular weight excluding hydrogens is 298 g/mol. The summed E-state index contributed by atoms with van der Waals surface area (Å²) in [6.45, 7) is 2.90. The Bertz CT molecular complexity index is 579. The maximum absolute atomic E-state index is 11.9. The second kappa shape index (κ2) is 6.45. The summed E-state index contributed by atoms with van der Waals surface area (Å²) in [5.41, 5.74) is -0.704. The van der Waals surface area contributed by atoms with Crippen LogP contribution in [0.5, 0.6) is 11.5 Å². The van der Waals surface area contributed by atoms with Gasteiger partial charge < -0.3 is 14.8 Å². The molecule has 3 rings (SSSR count). The van der Waals surface area contributed by atoms with Gasteiger partial charge in [-0.3, -0.25) is 15.0 Å². The molecule has 0 saturated carbocycles. The minimum atomic E-state index is -0.704. The number of carbonyl (C=O) groups is 2. The first kappa shape index (κ1) is 15.6. The molecule has 0 radical (unpaired) electrons. The van der Waals surface area contributed by atoms with Crippen LogP contribution in [0.25, 0.3) is 0 Å². The predicted molar refractivity (Wildman–Crippen MR) is 83.6 cm³/mol. The van der Waals surface area contributed by atoms with E-state index in [1.807, 2.05) is 24.3 Å². The van der Waals surface area contributed by atoms with Gasteiger partial charge in [0.2, 0.25) is 0 Å². The van der Waals surface area contributed by atoms with E-state index in [9.17, 15) is 9.59 Å². The Labute approximate surface area is 134 Å². The van der Waals surface area contributed by atoms with Crippen molar-refractivity contribution in [2.45, 2.75) is 18.4 Å². The molecule has 2 aliphatic heterocycles. The van der Waals surface area contributed by atoms with Gasteiger partial charge in [-0.2, -0.15) is 0 Å². The number of urea groups is 1. The molecule has 2 heterocycles. The molecule has 2 fully saturated rings. The molecule has 1 aromatic carbocycles. The lowest BCUT2D eigenvalue weighted by atomic mass is 9.88. The number of ether oxygens (including phenoxy) is 2. The van der Waals surface area contributed by atoms with E-state index in [0.717, 1.165) is 31.1 Å². The molecule has 7 heteroatoms. The molecule has 0 unspecified atom stereocenters. The van der Waals surface area contributed by atoms with Gasteiger partial charge in [-0.25, -0.2) is 4.79 Å². The van der Waals surface area contributed by atoms with Crippen LogP contribution in [0.1, 0.15) is 12.8 Å². The fraction of sp³-hybridized carbons (Fsp3) is 0.500. The van der Waals surface area contributed by atoms with Crippen molar-refractivity contribution >= 4 is 11.9 Å². The number of carbonyl (C=O) groups excluding carboxylic acids is 2. The Kier molecular flexibility index (Phi) is 4.38. The highest BCUT2D eigenvalue weighted by molar-refractivity contribution is 6.07. The molecular formula is C16H21N3O4. The summed E-state index contributed by atoms with van der Waals surface area (Å²) in [7, 11) is 1.63. The number of piperidine rings is 1. The van der Waals surface area contributed by atoms with Gasteiger partial charge in [-0.1, -0.05) is 0 Å². The minimum Gasteiger partial charge on any atom is -0.497 e. The molecule has 1 aromatic rings. The molecule has 2 saturated heterocycles. The molecule has 23 heavy (non-hydrogen) atoms. The lowest BCUT2D eigenvalue weighted by Crippen LogP contribution is -2.55. The smallest absolute Gasteiger partial charge is 0.322 e. The maximum atomic E-state index is 11.9. The van der Waals surface area contributed by atoms with Crippen molar-refractivity contribution in [3.05, 3.63) is 24.3 Å². The molecule has 0 atom stereocenters. The molecule has 2 N–H and O–H groups in total. The minimum absolute atomic E-state index is 0.198. The van der Waals surface area contributed by atoms with E-state index < -0.39 is 5.54 Å². The summed E-state index contributed by atoms with van der Waals surface area (Å²) in [6.07, 6.45) is 1.26. The van der Waals surface area contributed by atoms with E-state index in [0.29, 0.717) is 19.4 Å². The Morgan fingerprint density at radius 2 is 1.78 bits per heavy atom. The number of likely N-dealkylation sites (tertiary alicyclic amines) is 1. The predicted octanol–water partition coefficient (Wildman–Crippen LogP) is 0.748. The highest BCUT2D eigenvalue weighted by atomic mass is 16.5. The zero-order chi connectivity index (χ0) is 16.3. The van der Waals surface area contributed by atoms with Crippen molar-refractivity contribution in [2.75, 3.05) is 33.4 Å². The fourth-order valence-electron chi connectivity index (χ4n) is 3.00. The first-order valence-electron chi connectivity index (χ1n) is 7.74. The second-order valence-corrected chi connectivity index (χ2v) is 5.86. The number of nitrogens with zero attached hydrogens (tertiary/aromatic N) is 1. The van der Waals surface area contributed by atoms with Gasteiger partial charge >= 0.3 is 6.03 Å². The normalized spacial score (nSPS) is 20.2. The highest BCUT2D eigenvalue weighted by Crippen LogP contribution is 2.25. The summed E-state index contributed by atoms with van der Waals surface area (Å²) < 4.78 is 10.8. The van der Waals surface area contributed by atoms with Crippen LogP contribution >= 0.6 is 0 Å². The number of amides is 3. The van der Waals surface area contributed by atoms with E-state index in [-0.39, 0.29) is 11.9 Å². The third-order valence-corrected chi connectivity index (χ3v) is 4.46. The zero-order valence-corrected chi connectivity index (χ0v) is 13.1. The van der Waals surface area contributed by atoms with Crippen LogP contribution in [-0.4, -0.2) is 55.7 Å². The summed E-state index contributed by atoms with van der Waals surface area (Å²) in [5, 5.41) is 5.09. The third-order valence-electron chi connectivity index (χ3n) is 4.46. The molecule has 2 aliphatic rings. The summed E-state index contributed by atoms with van der Waals surface area (Å²) >= 11 is 0. The molecule has 1 spiro atoms. The van der Waals surface area contributed by atoms with Crippen LogP contribution in [-0.2, 0) is 4.79 Å². The van der Waals surface area contributed by atoms with Crippen LogP contribution in [0.4, 0.5) is 4.79 Å². The quantitative estimate of drug-likeness (QED) is 0.783. The standard InChI is InChI=1S/C16H21N3O4/c1-22-12-2-4-13(5-3-12)23-11-10-19-8-6-16(7-9-19)14(20)17-15(21)18-16/h2-5H,6-11H2,1H3,(H2,17,18,20,21). The number of rotatable bonds is 5. The van der Waals surface area contributed by atoms with Crippen molar-refractivity contribution in [3.8, 4) is 11.5 Å². The fourth-order valence-corrected chi connectivity index (χ4v) is 3.00. The number of methoxy groups -OCH3 is 1. The van der Waals surface area contributed by atoms with Gasteiger partial charge in [0.15, 0.2) is 0 Å². The molecule has 124 valence electrons. The Morgan fingerprint density at radius 3 is 2.35 bits per heavy atom. The van der Waals surface area contributed by atoms with Crippen molar-refractivity contribution in [2.24, 2.45) is 0 Å². The van der Waals surface area contributed by atoms with Gasteiger partial charge in [0.05, 0.1) is 7.11 Å². The number of imide groups is 1. The molecule has 0 aliphatic carbocycles. The van der Waals surface area contributed by atoms with E-state index in [1.54, 1.807) is 7.11 Å². The largest absolute Gasteiger partial charge is 0.497 e. The molecule has 3 amide bonds. The average Bonchev–Trinajstić information content (AvgIpc) is 2.84. The van der Waals surface area contributed by atoms with E-state index in [2.05, 4.69) is 15.5 Å². The van der Waals surface area contributed by atoms with Crippen LogP contribution in [0.15, 0.2) is 24.3 Å². The summed E-state index contributed by atoms with van der Waals surface area (Å²) in [6, 6.07) is 7.10. The number of nitrogens with one attached hydrogen (secondary N) is 2. The van der Waals surface area contributed by atoms with E-state index in [4.69, 9.17) is 9.47 Å². The number of benzene rings is 1. The van der Waals surface area contributed by atoms with Crippen LogP contribution in [0.3, 0.4) is 0 Å². The molecule has 0 bridgehead atoms. The zero-order valence-electron chi connectivity index (χ0n) is 13.1. The molecule has 0 aromatic heterocycles. The van der Waals surface area contributed by atoms with Gasteiger partial charge in [-0.15, -0.1) is 0 Å². The van der Waals surface area contributed by atoms with E-state index in [1.165, 1.54) is 0 Å². The lowest BCUT2D eigenvalue weighted by molar-refractivity contribution is -0.125. The SMILES string of the molecule is COc1ccc(OCCN2CCC3(CC2)NC(=O)NC3=O)cc1. The van der Waals surface area contributed by atoms with Crippen molar-refractivity contribution in [3.63, 3.8) is 0 Å². The Hall–Kier alpha value is -2.28. The van der Waals surface area contributed by atoms with Crippen LogP contribution in [0.2, 0.25) is 0 Å². The Morgan fingerprint density at radius 1 is 1.13 bits per heavy atom. The van der Waals surface area contributed by atoms with Gasteiger partial charge in [-0.05, 0) is 37.1 Å². The van der Waals surface area contributed by atoms with Gasteiger partial charge in [0.1, 0.15) is 23.6 Å². The van der Waals surface area contributed by atoms with Crippen molar-refractivity contribution in [1.29, 1.82) is 0 Å². The summed E-state index contributed by atoms with van der Waals surface area (Å²) in [5.74, 6) is 1.41. The first-order chi connectivity index (χ1) is 11.1. The topological polar surface area (TPSA) is 79.9 Å². The third kappa shape index (κ3) is 3.39. The lowest BCUT2D eigenvalue weighted by Gasteiger charge is -2.36. The van der Waals surface area contributed by atoms with Gasteiger partial charge in [0, 0.05) is 19.6 Å². The van der Waals surface area contributed by atoms with Crippen LogP contribution < -0.4 is 20.1 Å². The first-order valence-corrected chi connectivity index (χ1v) is 7.74. The summed E-state index contributed by atoms with van der Waals surface area (Å²) in [4.78, 5) is 25.4. The van der Waals surface area contributed by atoms with Crippen molar-refractivity contribution < 1.29 is 19.1 Å². The number of hydrogen-bond acceptors (Lipinski definition) is 5. The molecule has 7 nitrogen and oxygen atoms in total. The highest BCUT2D eigenvalue weighted by Gasteiger charge is 2.47. The number of hydrogen-bond donors (Lipinski definition) is 2. The van der Waals surface area contributed by atoms with Crippen LogP contribution in [0, 0.1) is 0 Å². The van der Waals surface area contributed by atoms with Gasteiger partial charge in [0.25, 0.3) is 5.91 Å². The second-order valence-electron chi connectivity index (χ2n) is 5.86. The average molecular weight is 319 g/mol. The Balaban J connectivity index is 1.42. The van der Waals surface area contributed by atoms with Crippen molar-refractivity contribution in [1.82, 2.24) is 15.5 Å². The monoisotopic (exact) mass is 319 g/mol.